The average molecular weight is 377 g/mol. The Labute approximate surface area is 164 Å². The number of hydrogen-bond donors (Lipinski definition) is 0. The largest absolute Gasteiger partial charge is 0.268 e. The molecule has 0 amide bonds. The molecule has 138 valence electrons. The van der Waals surface area contributed by atoms with Gasteiger partial charge >= 0.3 is 0 Å². The summed E-state index contributed by atoms with van der Waals surface area (Å²) in [6.45, 7) is 6.46. The molecule has 1 aliphatic carbocycles. The van der Waals surface area contributed by atoms with Crippen molar-refractivity contribution in [3.63, 3.8) is 0 Å². The Hall–Kier alpha value is -2.33. The van der Waals surface area contributed by atoms with Crippen molar-refractivity contribution < 1.29 is 0 Å². The number of rotatable bonds is 4. The zero-order valence-electron chi connectivity index (χ0n) is 16.0. The maximum Gasteiger partial charge on any atom is 0.263 e. The van der Waals surface area contributed by atoms with E-state index < -0.39 is 0 Å². The Bertz CT molecular complexity index is 1040. The smallest absolute Gasteiger partial charge is 0.263 e. The van der Waals surface area contributed by atoms with E-state index in [0.717, 1.165) is 46.3 Å². The van der Waals surface area contributed by atoms with Crippen LogP contribution in [0.2, 0.25) is 0 Å². The average Bonchev–Trinajstić information content (AvgIpc) is 2.69. The molecule has 1 heterocycles. The van der Waals surface area contributed by atoms with Crippen molar-refractivity contribution in [1.82, 2.24) is 9.55 Å². The van der Waals surface area contributed by atoms with Gasteiger partial charge in [-0.25, -0.2) is 4.98 Å². The van der Waals surface area contributed by atoms with E-state index in [9.17, 15) is 4.79 Å². The van der Waals surface area contributed by atoms with Gasteiger partial charge < -0.3 is 0 Å². The third-order valence-corrected chi connectivity index (χ3v) is 6.40. The van der Waals surface area contributed by atoms with Gasteiger partial charge in [-0.1, -0.05) is 75.0 Å². The van der Waals surface area contributed by atoms with Crippen LogP contribution in [0.5, 0.6) is 0 Å². The molecule has 0 unspecified atom stereocenters. The van der Waals surface area contributed by atoms with Gasteiger partial charge in [0.05, 0.1) is 16.9 Å². The first-order valence-corrected chi connectivity index (χ1v) is 10.5. The number of para-hydroxylation sites is 1. The van der Waals surface area contributed by atoms with Crippen LogP contribution < -0.4 is 5.56 Å². The molecule has 4 heteroatoms. The molecule has 0 bridgehead atoms. The van der Waals surface area contributed by atoms with Crippen molar-refractivity contribution in [3.8, 4) is 16.9 Å². The van der Waals surface area contributed by atoms with Gasteiger partial charge in [0.25, 0.3) is 5.56 Å². The SMILES string of the molecule is CCSc1nc2c(c(=O)n1-c1ccccc1)[C@@](C)(CC)Cc1ccccc1-2. The molecule has 3 aromatic rings. The molecule has 2 aromatic carbocycles. The summed E-state index contributed by atoms with van der Waals surface area (Å²) in [4.78, 5) is 18.9. The minimum Gasteiger partial charge on any atom is -0.268 e. The first kappa shape index (κ1) is 18.1. The zero-order chi connectivity index (χ0) is 19.0. The fraction of sp³-hybridized carbons (Fsp3) is 0.304. The molecule has 3 nitrogen and oxygen atoms in total. The lowest BCUT2D eigenvalue weighted by atomic mass is 9.69. The van der Waals surface area contributed by atoms with Gasteiger partial charge in [-0.2, -0.15) is 0 Å². The highest BCUT2D eigenvalue weighted by atomic mass is 32.2. The zero-order valence-corrected chi connectivity index (χ0v) is 16.8. The summed E-state index contributed by atoms with van der Waals surface area (Å²) in [7, 11) is 0. The first-order chi connectivity index (χ1) is 13.1. The number of hydrogen-bond acceptors (Lipinski definition) is 3. The quantitative estimate of drug-likeness (QED) is 0.462. The number of nitrogens with zero attached hydrogens (tertiary/aromatic N) is 2. The van der Waals surface area contributed by atoms with Crippen molar-refractivity contribution in [3.05, 3.63) is 76.1 Å². The predicted molar refractivity (Wildman–Crippen MR) is 113 cm³/mol. The molecular formula is C23H24N2OS. The Balaban J connectivity index is 2.10. The summed E-state index contributed by atoms with van der Waals surface area (Å²) in [5.74, 6) is 0.866. The van der Waals surface area contributed by atoms with E-state index in [1.54, 1.807) is 16.3 Å². The molecule has 1 aliphatic rings. The Morgan fingerprint density at radius 2 is 1.78 bits per heavy atom. The second-order valence-electron chi connectivity index (χ2n) is 7.28. The molecule has 0 spiro atoms. The second kappa shape index (κ2) is 7.01. The minimum absolute atomic E-state index is 0.0704. The fourth-order valence-electron chi connectivity index (χ4n) is 3.99. The van der Waals surface area contributed by atoms with Gasteiger partial charge in [-0.3, -0.25) is 9.36 Å². The molecule has 0 radical (unpaired) electrons. The maximum absolute atomic E-state index is 13.8. The third-order valence-electron chi connectivity index (χ3n) is 5.58. The molecule has 0 saturated carbocycles. The van der Waals surface area contributed by atoms with Crippen LogP contribution >= 0.6 is 11.8 Å². The summed E-state index contributed by atoms with van der Waals surface area (Å²) < 4.78 is 1.80. The highest BCUT2D eigenvalue weighted by Gasteiger charge is 2.38. The maximum atomic E-state index is 13.8. The molecule has 0 fully saturated rings. The van der Waals surface area contributed by atoms with Gasteiger partial charge in [-0.05, 0) is 36.3 Å². The standard InChI is InChI=1S/C23H24N2OS/c1-4-23(3)15-16-11-9-10-14-18(16)20-19(23)21(26)25(22(24-20)27-5-2)17-12-7-6-8-13-17/h6-14H,4-5,15H2,1-3H3/t23-/m0/s1. The number of fused-ring (bicyclic) bond motifs is 3. The molecule has 0 N–H and O–H groups in total. The van der Waals surface area contributed by atoms with Crippen molar-refractivity contribution in [2.45, 2.75) is 44.2 Å². The van der Waals surface area contributed by atoms with E-state index in [-0.39, 0.29) is 11.0 Å². The Morgan fingerprint density at radius 3 is 2.48 bits per heavy atom. The molecular weight excluding hydrogens is 352 g/mol. The van der Waals surface area contributed by atoms with Crippen LogP contribution in [0.25, 0.3) is 16.9 Å². The number of aromatic nitrogens is 2. The van der Waals surface area contributed by atoms with E-state index in [1.807, 2.05) is 36.4 Å². The van der Waals surface area contributed by atoms with Crippen LogP contribution in [0.4, 0.5) is 0 Å². The topological polar surface area (TPSA) is 34.9 Å². The van der Waals surface area contributed by atoms with Crippen LogP contribution in [-0.2, 0) is 11.8 Å². The van der Waals surface area contributed by atoms with Crippen LogP contribution in [-0.4, -0.2) is 15.3 Å². The van der Waals surface area contributed by atoms with E-state index in [4.69, 9.17) is 4.98 Å². The number of thioether (sulfide) groups is 1. The van der Waals surface area contributed by atoms with Crippen molar-refractivity contribution in [2.75, 3.05) is 5.75 Å². The minimum atomic E-state index is -0.209. The second-order valence-corrected chi connectivity index (χ2v) is 8.51. The highest BCUT2D eigenvalue weighted by Crippen LogP contribution is 2.43. The molecule has 27 heavy (non-hydrogen) atoms. The van der Waals surface area contributed by atoms with Crippen LogP contribution in [0.1, 0.15) is 38.3 Å². The molecule has 1 aromatic heterocycles. The molecule has 0 aliphatic heterocycles. The van der Waals surface area contributed by atoms with Gasteiger partial charge in [0.15, 0.2) is 5.16 Å². The van der Waals surface area contributed by atoms with Gasteiger partial charge in [0, 0.05) is 11.0 Å². The van der Waals surface area contributed by atoms with Crippen molar-refractivity contribution in [1.29, 1.82) is 0 Å². The summed E-state index contributed by atoms with van der Waals surface area (Å²) in [5, 5.41) is 0.766. The summed E-state index contributed by atoms with van der Waals surface area (Å²) in [5.41, 5.74) is 4.86. The van der Waals surface area contributed by atoms with Gasteiger partial charge in [0.1, 0.15) is 0 Å². The van der Waals surface area contributed by atoms with E-state index in [2.05, 4.69) is 39.0 Å². The van der Waals surface area contributed by atoms with Crippen LogP contribution in [0, 0.1) is 0 Å². The summed E-state index contributed by atoms with van der Waals surface area (Å²) in [6, 6.07) is 18.3. The normalized spacial score (nSPS) is 18.0. The van der Waals surface area contributed by atoms with Crippen molar-refractivity contribution >= 4 is 11.8 Å². The highest BCUT2D eigenvalue weighted by molar-refractivity contribution is 7.99. The van der Waals surface area contributed by atoms with Gasteiger partial charge in [-0.15, -0.1) is 0 Å². The monoisotopic (exact) mass is 376 g/mol. The predicted octanol–water partition coefficient (Wildman–Crippen LogP) is 5.24. The Kier molecular flexibility index (Phi) is 4.68. The van der Waals surface area contributed by atoms with Crippen molar-refractivity contribution in [2.24, 2.45) is 0 Å². The van der Waals surface area contributed by atoms with Crippen LogP contribution in [0.3, 0.4) is 0 Å². The molecule has 1 atom stereocenters. The lowest BCUT2D eigenvalue weighted by molar-refractivity contribution is 0.435. The van der Waals surface area contributed by atoms with Crippen LogP contribution in [0.15, 0.2) is 64.5 Å². The Morgan fingerprint density at radius 1 is 1.07 bits per heavy atom. The first-order valence-electron chi connectivity index (χ1n) is 9.53. The van der Waals surface area contributed by atoms with Gasteiger partial charge in [0.2, 0.25) is 0 Å². The fourth-order valence-corrected chi connectivity index (χ4v) is 4.72. The van der Waals surface area contributed by atoms with E-state index in [0.29, 0.717) is 0 Å². The lowest BCUT2D eigenvalue weighted by Gasteiger charge is -2.35. The lowest BCUT2D eigenvalue weighted by Crippen LogP contribution is -2.39. The molecule has 4 rings (SSSR count). The molecule has 0 saturated heterocycles. The summed E-state index contributed by atoms with van der Waals surface area (Å²) >= 11 is 1.62. The van der Waals surface area contributed by atoms with E-state index in [1.165, 1.54) is 5.56 Å². The summed E-state index contributed by atoms with van der Waals surface area (Å²) in [6.07, 6.45) is 1.78. The number of benzene rings is 2. The third kappa shape index (κ3) is 2.92. The van der Waals surface area contributed by atoms with E-state index >= 15 is 0 Å².